The lowest BCUT2D eigenvalue weighted by molar-refractivity contribution is -0.155. The Bertz CT molecular complexity index is 2610. The molecule has 1 aromatic heterocycles. The number of benzene rings is 4. The number of aryl methyl sites for hydroxylation is 1. The number of piperazine rings is 1. The van der Waals surface area contributed by atoms with Crippen LogP contribution in [0.25, 0.3) is 10.9 Å². The highest BCUT2D eigenvalue weighted by Gasteiger charge is 2.58. The number of hydrogen-bond acceptors (Lipinski definition) is 13. The molecule has 2 fully saturated rings. The van der Waals surface area contributed by atoms with Crippen molar-refractivity contribution in [2.75, 3.05) is 39.4 Å². The number of aromatic amines is 1. The minimum Gasteiger partial charge on any atom is -0.504 e. The van der Waals surface area contributed by atoms with E-state index in [2.05, 4.69) is 32.7 Å². The van der Waals surface area contributed by atoms with E-state index in [4.69, 9.17) is 28.4 Å². The summed E-state index contributed by atoms with van der Waals surface area (Å²) in [6, 6.07) is 17.1. The second-order valence-corrected chi connectivity index (χ2v) is 17.8. The van der Waals surface area contributed by atoms with Crippen molar-refractivity contribution in [2.24, 2.45) is 0 Å². The standard InChI is InChI=1S/C46H46N4O9S/c1-22-15-26-16-27-17-50-30-19-56-45(53)46(44-29(13-14-47-46)28-11-8-12-31(35(28)49-44)55-18-25-9-6-5-7-10-25)20-60-43(37(50)36(48-27)32(26)38(52)39(22)54-4)34-33(30)42-41(57-21-58-42)23(2)40(34)59-24(3)51/h5-12,15,27,30,36-37,43,47-49,52H,13-14,16-21H2,1-4H3/t27-,30?,36+,37?,43+,46+/m0/s1. The van der Waals surface area contributed by atoms with Gasteiger partial charge in [-0.3, -0.25) is 15.0 Å². The Hall–Kier alpha value is -5.41. The van der Waals surface area contributed by atoms with Gasteiger partial charge >= 0.3 is 11.9 Å². The molecule has 310 valence electrons. The number of nitrogens with zero attached hydrogens (tertiary/aromatic N) is 1. The third-order valence-electron chi connectivity index (χ3n) is 13.3. The number of rotatable bonds is 5. The Balaban J connectivity index is 1.09. The first-order valence-corrected chi connectivity index (χ1v) is 21.6. The number of phenols is 1. The monoisotopic (exact) mass is 830 g/mol. The molecule has 14 heteroatoms. The van der Waals surface area contributed by atoms with Gasteiger partial charge in [0.25, 0.3) is 0 Å². The zero-order chi connectivity index (χ0) is 41.0. The molecule has 0 aliphatic carbocycles. The molecule has 2 saturated heterocycles. The van der Waals surface area contributed by atoms with Crippen molar-refractivity contribution >= 4 is 34.6 Å². The predicted molar refractivity (Wildman–Crippen MR) is 223 cm³/mol. The minimum absolute atomic E-state index is 0.00197. The number of carbonyl (C=O) groups is 2. The highest BCUT2D eigenvalue weighted by molar-refractivity contribution is 7.99. The first-order valence-electron chi connectivity index (χ1n) is 20.6. The predicted octanol–water partition coefficient (Wildman–Crippen LogP) is 6.10. The summed E-state index contributed by atoms with van der Waals surface area (Å²) in [6.45, 7) is 6.85. The molecule has 13 nitrogen and oxygen atoms in total. The first kappa shape index (κ1) is 37.6. The van der Waals surface area contributed by atoms with Crippen LogP contribution in [0.4, 0.5) is 0 Å². The third kappa shape index (κ3) is 5.50. The third-order valence-corrected chi connectivity index (χ3v) is 14.8. The quantitative estimate of drug-likeness (QED) is 0.119. The maximum atomic E-state index is 15.0. The molecule has 0 radical (unpaired) electrons. The molecule has 6 atom stereocenters. The molecule has 4 bridgehead atoms. The second-order valence-electron chi connectivity index (χ2n) is 16.7. The summed E-state index contributed by atoms with van der Waals surface area (Å²) in [6.07, 6.45) is 1.40. The van der Waals surface area contributed by atoms with E-state index < -0.39 is 22.8 Å². The number of methoxy groups -OCH3 is 1. The van der Waals surface area contributed by atoms with E-state index in [0.717, 1.165) is 55.5 Å². The van der Waals surface area contributed by atoms with Crippen LogP contribution in [0.2, 0.25) is 0 Å². The van der Waals surface area contributed by atoms with Gasteiger partial charge in [-0.25, -0.2) is 4.79 Å². The van der Waals surface area contributed by atoms with Crippen LogP contribution >= 0.6 is 11.8 Å². The maximum absolute atomic E-state index is 15.0. The molecule has 0 saturated carbocycles. The van der Waals surface area contributed by atoms with E-state index in [9.17, 15) is 9.90 Å². The number of H-pyrrole nitrogens is 1. The molecule has 4 N–H and O–H groups in total. The summed E-state index contributed by atoms with van der Waals surface area (Å²) in [4.78, 5) is 34.2. The molecule has 2 unspecified atom stereocenters. The van der Waals surface area contributed by atoms with Crippen molar-refractivity contribution in [1.29, 1.82) is 0 Å². The summed E-state index contributed by atoms with van der Waals surface area (Å²) >= 11 is 1.62. The average molecular weight is 831 g/mol. The summed E-state index contributed by atoms with van der Waals surface area (Å²) in [5.74, 6) is 2.24. The Kier molecular flexibility index (Phi) is 8.82. The van der Waals surface area contributed by atoms with Gasteiger partial charge in [0.15, 0.2) is 28.5 Å². The van der Waals surface area contributed by atoms with Crippen LogP contribution in [0.3, 0.4) is 0 Å². The number of para-hydroxylation sites is 1. The van der Waals surface area contributed by atoms with Crippen LogP contribution in [0.5, 0.6) is 34.5 Å². The first-order chi connectivity index (χ1) is 29.2. The van der Waals surface area contributed by atoms with Gasteiger partial charge in [-0.05, 0) is 55.0 Å². The maximum Gasteiger partial charge on any atom is 0.333 e. The minimum atomic E-state index is -1.26. The number of aromatic hydroxyl groups is 1. The molecule has 5 aromatic rings. The summed E-state index contributed by atoms with van der Waals surface area (Å²) in [5, 5.41) is 20.2. The van der Waals surface area contributed by atoms with Crippen LogP contribution in [-0.4, -0.2) is 78.4 Å². The van der Waals surface area contributed by atoms with Gasteiger partial charge in [0, 0.05) is 65.5 Å². The lowest BCUT2D eigenvalue weighted by Crippen LogP contribution is -2.65. The Morgan fingerprint density at radius 3 is 2.68 bits per heavy atom. The zero-order valence-corrected chi connectivity index (χ0v) is 34.6. The lowest BCUT2D eigenvalue weighted by Gasteiger charge is -2.57. The molecule has 1 spiro atoms. The van der Waals surface area contributed by atoms with Crippen molar-refractivity contribution < 1.29 is 43.1 Å². The second kappa shape index (κ2) is 14.1. The van der Waals surface area contributed by atoms with Crippen LogP contribution in [0, 0.1) is 13.8 Å². The zero-order valence-electron chi connectivity index (χ0n) is 33.8. The number of hydrogen-bond donors (Lipinski definition) is 4. The van der Waals surface area contributed by atoms with Gasteiger partial charge in [0.1, 0.15) is 24.7 Å². The molecule has 12 rings (SSSR count). The summed E-state index contributed by atoms with van der Waals surface area (Å²) in [5.41, 5.74) is 7.45. The Morgan fingerprint density at radius 2 is 1.87 bits per heavy atom. The van der Waals surface area contributed by atoms with Crippen molar-refractivity contribution in [2.45, 2.75) is 75.2 Å². The highest BCUT2D eigenvalue weighted by Crippen LogP contribution is 2.62. The van der Waals surface area contributed by atoms with Crippen molar-refractivity contribution in [1.82, 2.24) is 20.5 Å². The molecule has 7 aliphatic rings. The SMILES string of the molecule is COc1c(C)cc2c(c1O)[C@H]1N[C@@H](C2)CN2C3COC(=O)[C@]4(CS[C@H](c5c(OC(C)=O)c(C)c6c(c53)OCO6)C12)NCCc1c4[nH]c2c(OCc3ccccc3)cccc12. The van der Waals surface area contributed by atoms with E-state index in [0.29, 0.717) is 66.8 Å². The van der Waals surface area contributed by atoms with Crippen LogP contribution in [-0.2, 0) is 39.3 Å². The number of nitrogens with one attached hydrogen (secondary N) is 3. The van der Waals surface area contributed by atoms with Crippen molar-refractivity contribution in [3.8, 4) is 34.5 Å². The summed E-state index contributed by atoms with van der Waals surface area (Å²) in [7, 11) is 1.58. The number of thioether (sulfide) groups is 1. The van der Waals surface area contributed by atoms with E-state index in [1.165, 1.54) is 6.92 Å². The van der Waals surface area contributed by atoms with Gasteiger partial charge in [-0.1, -0.05) is 48.5 Å². The van der Waals surface area contributed by atoms with Gasteiger partial charge < -0.3 is 43.8 Å². The largest absolute Gasteiger partial charge is 0.504 e. The molecule has 4 aromatic carbocycles. The number of ether oxygens (including phenoxy) is 6. The molecular weight excluding hydrogens is 785 g/mol. The van der Waals surface area contributed by atoms with Crippen molar-refractivity contribution in [3.05, 3.63) is 105 Å². The van der Waals surface area contributed by atoms with E-state index in [-0.39, 0.29) is 49.0 Å². The fourth-order valence-electron chi connectivity index (χ4n) is 10.9. The summed E-state index contributed by atoms with van der Waals surface area (Å²) < 4.78 is 37.4. The van der Waals surface area contributed by atoms with Gasteiger partial charge in [0.05, 0.1) is 35.7 Å². The van der Waals surface area contributed by atoms with E-state index in [1.54, 1.807) is 18.9 Å². The van der Waals surface area contributed by atoms with Crippen LogP contribution < -0.4 is 34.3 Å². The topological polar surface area (TPSA) is 153 Å². The number of aromatic nitrogens is 1. The normalized spacial score (nSPS) is 26.1. The number of carbonyl (C=O) groups excluding carboxylic acids is 2. The smallest absolute Gasteiger partial charge is 0.333 e. The molecular formula is C46H46N4O9S. The molecule has 60 heavy (non-hydrogen) atoms. The molecule has 0 amide bonds. The Morgan fingerprint density at radius 1 is 1.03 bits per heavy atom. The fraction of sp³-hybridized carbons (Fsp3) is 0.391. The average Bonchev–Trinajstić information content (AvgIpc) is 3.89. The van der Waals surface area contributed by atoms with Gasteiger partial charge in [0.2, 0.25) is 6.79 Å². The fourth-order valence-corrected chi connectivity index (χ4v) is 12.6. The number of esters is 2. The number of fused-ring (bicyclic) bond motifs is 11. The Labute approximate surface area is 351 Å². The van der Waals surface area contributed by atoms with Crippen LogP contribution in [0.15, 0.2) is 54.6 Å². The van der Waals surface area contributed by atoms with Crippen molar-refractivity contribution in [3.63, 3.8) is 0 Å². The van der Waals surface area contributed by atoms with Crippen LogP contribution in [0.1, 0.15) is 74.5 Å². The van der Waals surface area contributed by atoms with Gasteiger partial charge in [-0.15, -0.1) is 11.8 Å². The van der Waals surface area contributed by atoms with Gasteiger partial charge in [-0.2, -0.15) is 0 Å². The van der Waals surface area contributed by atoms with E-state index in [1.807, 2.05) is 56.3 Å². The lowest BCUT2D eigenvalue weighted by atomic mass is 9.74. The highest BCUT2D eigenvalue weighted by atomic mass is 32.2. The number of phenolic OH excluding ortho intramolecular Hbond substituents is 1. The molecule has 8 heterocycles. The van der Waals surface area contributed by atoms with E-state index >= 15 is 4.79 Å². The molecule has 7 aliphatic heterocycles.